The second-order valence-electron chi connectivity index (χ2n) is 6.92. The lowest BCUT2D eigenvalue weighted by atomic mass is 10.1. The van der Waals surface area contributed by atoms with Gasteiger partial charge >= 0.3 is 0 Å². The van der Waals surface area contributed by atoms with E-state index < -0.39 is 6.04 Å². The van der Waals surface area contributed by atoms with Crippen molar-refractivity contribution in [1.82, 2.24) is 5.32 Å². The molecule has 0 saturated carbocycles. The highest BCUT2D eigenvalue weighted by atomic mass is 16.5. The SMILES string of the molecule is COc1cc(C)c(N[C@@H](C)C(=O)NCC(=O)Nc2c(C)cccc2C)cc1OC. The third kappa shape index (κ3) is 5.63. The number of anilines is 2. The lowest BCUT2D eigenvalue weighted by Crippen LogP contribution is -2.41. The summed E-state index contributed by atoms with van der Waals surface area (Å²) in [5.74, 6) is 0.637. The Hall–Kier alpha value is -3.22. The lowest BCUT2D eigenvalue weighted by Gasteiger charge is -2.19. The summed E-state index contributed by atoms with van der Waals surface area (Å²) in [6.45, 7) is 7.39. The van der Waals surface area contributed by atoms with Gasteiger partial charge in [-0.2, -0.15) is 0 Å². The van der Waals surface area contributed by atoms with Crippen molar-refractivity contribution >= 4 is 23.2 Å². The van der Waals surface area contributed by atoms with Crippen molar-refractivity contribution in [1.29, 1.82) is 0 Å². The molecule has 0 aliphatic carbocycles. The predicted octanol–water partition coefficient (Wildman–Crippen LogP) is 3.18. The fourth-order valence-corrected chi connectivity index (χ4v) is 2.95. The average molecular weight is 399 g/mol. The summed E-state index contributed by atoms with van der Waals surface area (Å²) in [5, 5.41) is 8.67. The Labute approximate surface area is 171 Å². The molecule has 0 aliphatic rings. The highest BCUT2D eigenvalue weighted by Crippen LogP contribution is 2.33. The molecule has 0 heterocycles. The molecule has 0 unspecified atom stereocenters. The number of nitrogens with one attached hydrogen (secondary N) is 3. The number of benzene rings is 2. The molecule has 0 spiro atoms. The van der Waals surface area contributed by atoms with Gasteiger partial charge in [-0.15, -0.1) is 0 Å². The predicted molar refractivity (Wildman–Crippen MR) is 115 cm³/mol. The number of hydrogen-bond acceptors (Lipinski definition) is 5. The van der Waals surface area contributed by atoms with Crippen LogP contribution in [0.25, 0.3) is 0 Å². The molecular formula is C22H29N3O4. The van der Waals surface area contributed by atoms with Crippen molar-refractivity contribution in [2.24, 2.45) is 0 Å². The van der Waals surface area contributed by atoms with Crippen molar-refractivity contribution in [3.63, 3.8) is 0 Å². The number of ether oxygens (including phenoxy) is 2. The lowest BCUT2D eigenvalue weighted by molar-refractivity contribution is -0.124. The maximum atomic E-state index is 12.4. The van der Waals surface area contributed by atoms with Crippen molar-refractivity contribution in [2.45, 2.75) is 33.7 Å². The van der Waals surface area contributed by atoms with E-state index in [1.54, 1.807) is 27.2 Å². The van der Waals surface area contributed by atoms with Gasteiger partial charge in [-0.3, -0.25) is 9.59 Å². The largest absolute Gasteiger partial charge is 0.493 e. The molecule has 29 heavy (non-hydrogen) atoms. The molecule has 156 valence electrons. The molecule has 2 rings (SSSR count). The van der Waals surface area contributed by atoms with Crippen molar-refractivity contribution in [2.75, 3.05) is 31.4 Å². The van der Waals surface area contributed by atoms with Gasteiger partial charge < -0.3 is 25.4 Å². The second kappa shape index (κ2) is 9.82. The van der Waals surface area contributed by atoms with Crippen molar-refractivity contribution in [3.05, 3.63) is 47.0 Å². The van der Waals surface area contributed by atoms with Crippen LogP contribution in [0.5, 0.6) is 11.5 Å². The molecule has 3 N–H and O–H groups in total. The highest BCUT2D eigenvalue weighted by Gasteiger charge is 2.17. The molecule has 0 bridgehead atoms. The van der Waals surface area contributed by atoms with Gasteiger partial charge in [-0.05, 0) is 50.5 Å². The van der Waals surface area contributed by atoms with Crippen LogP contribution in [-0.4, -0.2) is 38.6 Å². The normalized spacial score (nSPS) is 11.4. The topological polar surface area (TPSA) is 88.7 Å². The molecule has 2 aromatic carbocycles. The van der Waals surface area contributed by atoms with E-state index >= 15 is 0 Å². The Balaban J connectivity index is 1.95. The molecule has 7 heteroatoms. The minimum Gasteiger partial charge on any atom is -0.493 e. The monoisotopic (exact) mass is 399 g/mol. The summed E-state index contributed by atoms with van der Waals surface area (Å²) in [6, 6.07) is 8.87. The second-order valence-corrected chi connectivity index (χ2v) is 6.92. The van der Waals surface area contributed by atoms with Crippen LogP contribution in [0, 0.1) is 20.8 Å². The van der Waals surface area contributed by atoms with Gasteiger partial charge in [0.2, 0.25) is 11.8 Å². The summed E-state index contributed by atoms with van der Waals surface area (Å²) >= 11 is 0. The van der Waals surface area contributed by atoms with E-state index in [2.05, 4.69) is 16.0 Å². The summed E-state index contributed by atoms with van der Waals surface area (Å²) in [7, 11) is 3.13. The Morgan fingerprint density at radius 2 is 1.55 bits per heavy atom. The average Bonchev–Trinajstić information content (AvgIpc) is 2.70. The minimum absolute atomic E-state index is 0.108. The Morgan fingerprint density at radius 1 is 0.966 bits per heavy atom. The molecule has 0 fully saturated rings. The van der Waals surface area contributed by atoms with Crippen LogP contribution < -0.4 is 25.4 Å². The van der Waals surface area contributed by atoms with E-state index in [1.165, 1.54) is 0 Å². The van der Waals surface area contributed by atoms with Gasteiger partial charge in [0.15, 0.2) is 11.5 Å². The first-order valence-corrected chi connectivity index (χ1v) is 9.39. The number of para-hydroxylation sites is 1. The molecule has 0 aliphatic heterocycles. The van der Waals surface area contributed by atoms with E-state index in [4.69, 9.17) is 9.47 Å². The third-order valence-electron chi connectivity index (χ3n) is 4.66. The van der Waals surface area contributed by atoms with Crippen LogP contribution >= 0.6 is 0 Å². The zero-order chi connectivity index (χ0) is 21.6. The molecule has 2 amide bonds. The van der Waals surface area contributed by atoms with Gasteiger partial charge in [0, 0.05) is 17.4 Å². The van der Waals surface area contributed by atoms with Gasteiger partial charge in [0.05, 0.1) is 20.8 Å². The van der Waals surface area contributed by atoms with E-state index in [0.717, 1.165) is 28.1 Å². The van der Waals surface area contributed by atoms with Crippen LogP contribution in [0.2, 0.25) is 0 Å². The maximum Gasteiger partial charge on any atom is 0.243 e. The standard InChI is InChI=1S/C22H29N3O4/c1-13-8-7-9-14(2)21(13)25-20(26)12-23-22(27)16(4)24-17-11-19(29-6)18(28-5)10-15(17)3/h7-11,16,24H,12H2,1-6H3,(H,23,27)(H,25,26)/t16-/m0/s1. The molecule has 0 saturated heterocycles. The van der Waals surface area contributed by atoms with Gasteiger partial charge in [0.25, 0.3) is 0 Å². The summed E-state index contributed by atoms with van der Waals surface area (Å²) in [4.78, 5) is 24.7. The van der Waals surface area contributed by atoms with Crippen molar-refractivity contribution < 1.29 is 19.1 Å². The zero-order valence-electron chi connectivity index (χ0n) is 17.8. The number of amides is 2. The van der Waals surface area contributed by atoms with Gasteiger partial charge in [-0.25, -0.2) is 0 Å². The van der Waals surface area contributed by atoms with Crippen molar-refractivity contribution in [3.8, 4) is 11.5 Å². The number of carbonyl (C=O) groups excluding carboxylic acids is 2. The Bertz CT molecular complexity index is 876. The number of carbonyl (C=O) groups is 2. The molecule has 1 atom stereocenters. The fraction of sp³-hybridized carbons (Fsp3) is 0.364. The number of hydrogen-bond donors (Lipinski definition) is 3. The zero-order valence-corrected chi connectivity index (χ0v) is 17.8. The van der Waals surface area contributed by atoms with Crippen LogP contribution in [0.3, 0.4) is 0 Å². The van der Waals surface area contributed by atoms with E-state index in [0.29, 0.717) is 11.5 Å². The molecule has 2 aromatic rings. The quantitative estimate of drug-likeness (QED) is 0.634. The Morgan fingerprint density at radius 3 is 2.14 bits per heavy atom. The maximum absolute atomic E-state index is 12.4. The minimum atomic E-state index is -0.542. The molecule has 0 aromatic heterocycles. The van der Waals surface area contributed by atoms with Gasteiger partial charge in [-0.1, -0.05) is 18.2 Å². The first-order chi connectivity index (χ1) is 13.8. The third-order valence-corrected chi connectivity index (χ3v) is 4.66. The molecule has 7 nitrogen and oxygen atoms in total. The first-order valence-electron chi connectivity index (χ1n) is 9.39. The summed E-state index contributed by atoms with van der Waals surface area (Å²) < 4.78 is 10.6. The van der Waals surface area contributed by atoms with E-state index in [1.807, 2.05) is 45.0 Å². The Kier molecular flexibility index (Phi) is 7.47. The number of aryl methyl sites for hydroxylation is 3. The first kappa shape index (κ1) is 22.1. The highest BCUT2D eigenvalue weighted by molar-refractivity contribution is 5.96. The van der Waals surface area contributed by atoms with Crippen LogP contribution in [0.15, 0.2) is 30.3 Å². The van der Waals surface area contributed by atoms with Crippen LogP contribution in [-0.2, 0) is 9.59 Å². The smallest absolute Gasteiger partial charge is 0.243 e. The molecule has 0 radical (unpaired) electrons. The summed E-state index contributed by atoms with van der Waals surface area (Å²) in [5.41, 5.74) is 4.39. The van der Waals surface area contributed by atoms with Gasteiger partial charge in [0.1, 0.15) is 6.04 Å². The number of rotatable bonds is 8. The molecular weight excluding hydrogens is 370 g/mol. The van der Waals surface area contributed by atoms with E-state index in [9.17, 15) is 9.59 Å². The van der Waals surface area contributed by atoms with E-state index in [-0.39, 0.29) is 18.4 Å². The van der Waals surface area contributed by atoms with Crippen LogP contribution in [0.4, 0.5) is 11.4 Å². The number of methoxy groups -OCH3 is 2. The van der Waals surface area contributed by atoms with Crippen LogP contribution in [0.1, 0.15) is 23.6 Å². The summed E-state index contributed by atoms with van der Waals surface area (Å²) in [6.07, 6.45) is 0. The fourth-order valence-electron chi connectivity index (χ4n) is 2.95.